The first-order valence-electron chi connectivity index (χ1n) is 7.32. The Kier molecular flexibility index (Phi) is 4.54. The Morgan fingerprint density at radius 3 is 3.13 bits per heavy atom. The van der Waals surface area contributed by atoms with Crippen LogP contribution in [0.3, 0.4) is 0 Å². The summed E-state index contributed by atoms with van der Waals surface area (Å²) in [5, 5.41) is 19.2. The molecule has 2 atom stereocenters. The van der Waals surface area contributed by atoms with Crippen LogP contribution in [0.25, 0.3) is 11.5 Å². The Hall–Kier alpha value is -2.45. The van der Waals surface area contributed by atoms with Crippen molar-refractivity contribution in [3.63, 3.8) is 0 Å². The monoisotopic (exact) mass is 318 g/mol. The summed E-state index contributed by atoms with van der Waals surface area (Å²) in [6, 6.07) is 7.13. The molecule has 2 unspecified atom stereocenters. The zero-order valence-corrected chi connectivity index (χ0v) is 12.7. The van der Waals surface area contributed by atoms with Gasteiger partial charge in [-0.2, -0.15) is 4.98 Å². The molecule has 0 spiro atoms. The lowest BCUT2D eigenvalue weighted by Gasteiger charge is -2.12. The average Bonchev–Trinajstić information content (AvgIpc) is 3.22. The Labute approximate surface area is 132 Å². The molecular weight excluding hydrogens is 300 g/mol. The second-order valence-corrected chi connectivity index (χ2v) is 5.35. The third-order valence-corrected chi connectivity index (χ3v) is 3.77. The number of carbonyl (C=O) groups excluding carboxylic acids is 1. The number of aliphatic hydroxyl groups excluding tert-OH is 1. The van der Waals surface area contributed by atoms with Crippen molar-refractivity contribution in [2.24, 2.45) is 5.92 Å². The minimum absolute atomic E-state index is 0.0105. The number of hydrogen-bond donors (Lipinski definition) is 3. The first-order valence-corrected chi connectivity index (χ1v) is 7.32. The highest BCUT2D eigenvalue weighted by atomic mass is 16.5. The van der Waals surface area contributed by atoms with E-state index in [9.17, 15) is 9.90 Å². The van der Waals surface area contributed by atoms with Crippen LogP contribution in [0, 0.1) is 5.92 Å². The highest BCUT2D eigenvalue weighted by Crippen LogP contribution is 2.22. The second-order valence-electron chi connectivity index (χ2n) is 5.35. The number of β-amino-alcohol motifs (C(OH)–C–C–N with tert-alkyl or cyclic N) is 1. The maximum absolute atomic E-state index is 12.1. The largest absolute Gasteiger partial charge is 0.497 e. The summed E-state index contributed by atoms with van der Waals surface area (Å²) >= 11 is 0. The molecule has 1 aromatic carbocycles. The Bertz CT molecular complexity index is 688. The van der Waals surface area contributed by atoms with E-state index >= 15 is 0 Å². The van der Waals surface area contributed by atoms with E-state index in [1.807, 2.05) is 0 Å². The first kappa shape index (κ1) is 15.4. The van der Waals surface area contributed by atoms with Gasteiger partial charge in [-0.25, -0.2) is 0 Å². The van der Waals surface area contributed by atoms with Crippen molar-refractivity contribution in [1.82, 2.24) is 20.8 Å². The maximum Gasteiger partial charge on any atom is 0.292 e. The molecule has 0 bridgehead atoms. The van der Waals surface area contributed by atoms with Gasteiger partial charge in [0.05, 0.1) is 13.2 Å². The van der Waals surface area contributed by atoms with Crippen LogP contribution in [-0.2, 0) is 0 Å². The molecule has 1 aromatic heterocycles. The number of aromatic nitrogens is 2. The molecule has 23 heavy (non-hydrogen) atoms. The van der Waals surface area contributed by atoms with E-state index < -0.39 is 12.0 Å². The lowest BCUT2D eigenvalue weighted by Crippen LogP contribution is -2.34. The van der Waals surface area contributed by atoms with Crippen molar-refractivity contribution in [1.29, 1.82) is 0 Å². The van der Waals surface area contributed by atoms with E-state index in [0.717, 1.165) is 0 Å². The quantitative estimate of drug-likeness (QED) is 0.715. The molecule has 1 aliphatic heterocycles. The van der Waals surface area contributed by atoms with Gasteiger partial charge in [0.2, 0.25) is 0 Å². The van der Waals surface area contributed by atoms with Crippen molar-refractivity contribution in [2.45, 2.75) is 6.10 Å². The molecule has 1 amide bonds. The molecule has 122 valence electrons. The van der Waals surface area contributed by atoms with Gasteiger partial charge in [-0.15, -0.1) is 0 Å². The normalized spacial score (nSPS) is 20.4. The molecule has 2 heterocycles. The van der Waals surface area contributed by atoms with Crippen LogP contribution >= 0.6 is 0 Å². The van der Waals surface area contributed by atoms with E-state index in [4.69, 9.17) is 9.26 Å². The van der Waals surface area contributed by atoms with Crippen LogP contribution < -0.4 is 15.4 Å². The molecule has 8 heteroatoms. The van der Waals surface area contributed by atoms with Crippen LogP contribution in [0.15, 0.2) is 28.8 Å². The van der Waals surface area contributed by atoms with Crippen LogP contribution in [-0.4, -0.2) is 54.0 Å². The fraction of sp³-hybridized carbons (Fsp3) is 0.400. The number of rotatable bonds is 5. The highest BCUT2D eigenvalue weighted by Gasteiger charge is 2.26. The van der Waals surface area contributed by atoms with Gasteiger partial charge in [-0.1, -0.05) is 11.2 Å². The molecule has 1 aliphatic rings. The van der Waals surface area contributed by atoms with Gasteiger partial charge >= 0.3 is 0 Å². The molecule has 0 saturated carbocycles. The lowest BCUT2D eigenvalue weighted by atomic mass is 10.1. The minimum Gasteiger partial charge on any atom is -0.497 e. The van der Waals surface area contributed by atoms with Gasteiger partial charge in [-0.05, 0) is 18.2 Å². The molecule has 1 fully saturated rings. The van der Waals surface area contributed by atoms with Crippen LogP contribution in [0.1, 0.15) is 10.6 Å². The number of hydrogen-bond acceptors (Lipinski definition) is 7. The van der Waals surface area contributed by atoms with E-state index in [2.05, 4.69) is 20.8 Å². The fourth-order valence-corrected chi connectivity index (χ4v) is 2.42. The number of carbonyl (C=O) groups is 1. The first-order chi connectivity index (χ1) is 11.2. The van der Waals surface area contributed by atoms with Crippen molar-refractivity contribution < 1.29 is 19.2 Å². The summed E-state index contributed by atoms with van der Waals surface area (Å²) in [6.07, 6.45) is -0.451. The minimum atomic E-state index is -0.451. The molecule has 3 rings (SSSR count). The van der Waals surface area contributed by atoms with Gasteiger partial charge in [0.25, 0.3) is 17.6 Å². The summed E-state index contributed by atoms with van der Waals surface area (Å²) in [7, 11) is 1.57. The summed E-state index contributed by atoms with van der Waals surface area (Å²) in [5.41, 5.74) is 0.673. The molecule has 0 radical (unpaired) electrons. The number of benzene rings is 1. The third kappa shape index (κ3) is 3.49. The van der Waals surface area contributed by atoms with Gasteiger partial charge in [0.1, 0.15) is 5.75 Å². The number of aliphatic hydroxyl groups is 1. The molecule has 8 nitrogen and oxygen atoms in total. The summed E-state index contributed by atoms with van der Waals surface area (Å²) in [5.74, 6) is 0.431. The van der Waals surface area contributed by atoms with Gasteiger partial charge in [-0.3, -0.25) is 4.79 Å². The predicted molar refractivity (Wildman–Crippen MR) is 81.0 cm³/mol. The highest BCUT2D eigenvalue weighted by molar-refractivity contribution is 5.90. The van der Waals surface area contributed by atoms with E-state index in [1.165, 1.54) is 0 Å². The fourth-order valence-electron chi connectivity index (χ4n) is 2.42. The number of nitrogens with zero attached hydrogens (tertiary/aromatic N) is 2. The lowest BCUT2D eigenvalue weighted by molar-refractivity contribution is 0.0914. The van der Waals surface area contributed by atoms with Crippen molar-refractivity contribution in [3.05, 3.63) is 30.1 Å². The summed E-state index contributed by atoms with van der Waals surface area (Å²) in [6.45, 7) is 1.57. The number of nitrogens with one attached hydrogen (secondary N) is 2. The zero-order valence-electron chi connectivity index (χ0n) is 12.7. The Morgan fingerprint density at radius 2 is 2.39 bits per heavy atom. The second kappa shape index (κ2) is 6.76. The topological polar surface area (TPSA) is 110 Å². The van der Waals surface area contributed by atoms with E-state index in [0.29, 0.717) is 30.9 Å². The Morgan fingerprint density at radius 1 is 1.52 bits per heavy atom. The van der Waals surface area contributed by atoms with E-state index in [-0.39, 0.29) is 17.6 Å². The molecule has 3 N–H and O–H groups in total. The molecule has 2 aromatic rings. The summed E-state index contributed by atoms with van der Waals surface area (Å²) in [4.78, 5) is 16.1. The number of amides is 1. The predicted octanol–water partition coefficient (Wildman–Crippen LogP) is 0.0553. The molecule has 0 aliphatic carbocycles. The maximum atomic E-state index is 12.1. The van der Waals surface area contributed by atoms with Gasteiger partial charge in [0.15, 0.2) is 0 Å². The molecule has 1 saturated heterocycles. The number of methoxy groups -OCH3 is 1. The zero-order chi connectivity index (χ0) is 16.2. The Balaban J connectivity index is 1.65. The van der Waals surface area contributed by atoms with Gasteiger partial charge < -0.3 is 25.0 Å². The van der Waals surface area contributed by atoms with Crippen molar-refractivity contribution in [2.75, 3.05) is 26.7 Å². The van der Waals surface area contributed by atoms with Crippen molar-refractivity contribution in [3.8, 4) is 17.2 Å². The summed E-state index contributed by atoms with van der Waals surface area (Å²) < 4.78 is 10.3. The van der Waals surface area contributed by atoms with Crippen LogP contribution in [0.2, 0.25) is 0 Å². The average molecular weight is 318 g/mol. The smallest absolute Gasteiger partial charge is 0.292 e. The van der Waals surface area contributed by atoms with Crippen molar-refractivity contribution >= 4 is 5.91 Å². The molecular formula is C15H18N4O4. The number of ether oxygens (including phenoxy) is 1. The van der Waals surface area contributed by atoms with Gasteiger partial charge in [0, 0.05) is 31.1 Å². The van der Waals surface area contributed by atoms with E-state index in [1.54, 1.807) is 31.4 Å². The van der Waals surface area contributed by atoms with Crippen LogP contribution in [0.5, 0.6) is 5.75 Å². The SMILES string of the molecule is COc1cccc(-c2nc(C(=O)NCC3CNCC3O)no2)c1. The standard InChI is InChI=1S/C15H18N4O4/c1-22-11-4-2-3-9(5-11)15-18-13(19-23-15)14(21)17-7-10-6-16-8-12(10)20/h2-5,10,12,16,20H,6-8H2,1H3,(H,17,21). The third-order valence-electron chi connectivity index (χ3n) is 3.77. The van der Waals surface area contributed by atoms with Crippen LogP contribution in [0.4, 0.5) is 0 Å².